The summed E-state index contributed by atoms with van der Waals surface area (Å²) in [7, 11) is 0. The van der Waals surface area contributed by atoms with E-state index in [9.17, 15) is 0 Å². The maximum atomic E-state index is 5.81. The second-order valence-electron chi connectivity index (χ2n) is 4.86. The van der Waals surface area contributed by atoms with E-state index in [4.69, 9.17) is 5.73 Å². The van der Waals surface area contributed by atoms with Gasteiger partial charge in [0.2, 0.25) is 0 Å². The van der Waals surface area contributed by atoms with Crippen molar-refractivity contribution in [1.82, 2.24) is 9.97 Å². The van der Waals surface area contributed by atoms with E-state index in [0.717, 1.165) is 22.8 Å². The highest BCUT2D eigenvalue weighted by atomic mass is 14.9. The molecule has 18 heavy (non-hydrogen) atoms. The Kier molecular flexibility index (Phi) is 3.72. The van der Waals surface area contributed by atoms with E-state index in [2.05, 4.69) is 35.1 Å². The van der Waals surface area contributed by atoms with Gasteiger partial charge in [0.1, 0.15) is 5.82 Å². The average molecular weight is 241 g/mol. The molecule has 0 radical (unpaired) electrons. The van der Waals surface area contributed by atoms with Crippen LogP contribution in [-0.4, -0.2) is 16.0 Å². The van der Waals surface area contributed by atoms with Crippen molar-refractivity contribution >= 4 is 0 Å². The Hall–Kier alpha value is -1.74. The van der Waals surface area contributed by atoms with Crippen LogP contribution in [0.2, 0.25) is 0 Å². The van der Waals surface area contributed by atoms with Gasteiger partial charge in [-0.15, -0.1) is 0 Å². The molecule has 94 valence electrons. The highest BCUT2D eigenvalue weighted by Crippen LogP contribution is 2.19. The number of rotatable bonds is 3. The minimum atomic E-state index is 0.0807. The van der Waals surface area contributed by atoms with Gasteiger partial charge in [-0.1, -0.05) is 23.8 Å². The summed E-state index contributed by atoms with van der Waals surface area (Å²) in [6, 6.07) is 10.4. The van der Waals surface area contributed by atoms with E-state index >= 15 is 0 Å². The Balaban J connectivity index is 2.41. The highest BCUT2D eigenvalue weighted by Gasteiger charge is 2.06. The first-order chi connectivity index (χ1) is 8.54. The van der Waals surface area contributed by atoms with Crippen LogP contribution in [0.4, 0.5) is 0 Å². The summed E-state index contributed by atoms with van der Waals surface area (Å²) in [6.45, 7) is 6.05. The second kappa shape index (κ2) is 5.27. The lowest BCUT2D eigenvalue weighted by Crippen LogP contribution is -2.19. The van der Waals surface area contributed by atoms with Gasteiger partial charge < -0.3 is 5.73 Å². The molecule has 0 aliphatic heterocycles. The van der Waals surface area contributed by atoms with Crippen LogP contribution < -0.4 is 5.73 Å². The first-order valence-corrected chi connectivity index (χ1v) is 6.22. The van der Waals surface area contributed by atoms with Gasteiger partial charge in [0, 0.05) is 23.7 Å². The SMILES string of the molecule is Cc1cccc(-c2cc(C)nc(CC(C)N)n2)c1. The number of nitrogens with zero attached hydrogens (tertiary/aromatic N) is 2. The predicted molar refractivity (Wildman–Crippen MR) is 74.3 cm³/mol. The first-order valence-electron chi connectivity index (χ1n) is 6.22. The molecule has 2 N–H and O–H groups in total. The summed E-state index contributed by atoms with van der Waals surface area (Å²) < 4.78 is 0. The summed E-state index contributed by atoms with van der Waals surface area (Å²) in [5.74, 6) is 0.821. The molecule has 2 aromatic rings. The quantitative estimate of drug-likeness (QED) is 0.898. The van der Waals surface area contributed by atoms with Crippen LogP contribution in [0.25, 0.3) is 11.3 Å². The molecule has 1 heterocycles. The van der Waals surface area contributed by atoms with E-state index < -0.39 is 0 Å². The number of hydrogen-bond donors (Lipinski definition) is 1. The normalized spacial score (nSPS) is 12.4. The van der Waals surface area contributed by atoms with Gasteiger partial charge in [-0.25, -0.2) is 9.97 Å². The maximum absolute atomic E-state index is 5.81. The zero-order chi connectivity index (χ0) is 13.1. The molecule has 0 bridgehead atoms. The van der Waals surface area contributed by atoms with Crippen molar-refractivity contribution in [1.29, 1.82) is 0 Å². The lowest BCUT2D eigenvalue weighted by atomic mass is 10.1. The van der Waals surface area contributed by atoms with Gasteiger partial charge in [0.15, 0.2) is 0 Å². The Morgan fingerprint density at radius 1 is 1.17 bits per heavy atom. The molecule has 1 aromatic carbocycles. The van der Waals surface area contributed by atoms with Crippen molar-refractivity contribution in [2.24, 2.45) is 5.73 Å². The van der Waals surface area contributed by atoms with E-state index in [1.807, 2.05) is 26.0 Å². The lowest BCUT2D eigenvalue weighted by Gasteiger charge is -2.08. The van der Waals surface area contributed by atoms with Crippen molar-refractivity contribution in [2.45, 2.75) is 33.2 Å². The van der Waals surface area contributed by atoms with Crippen molar-refractivity contribution in [3.05, 3.63) is 47.4 Å². The Morgan fingerprint density at radius 2 is 1.94 bits per heavy atom. The van der Waals surface area contributed by atoms with E-state index in [-0.39, 0.29) is 6.04 Å². The summed E-state index contributed by atoms with van der Waals surface area (Å²) >= 11 is 0. The zero-order valence-electron chi connectivity index (χ0n) is 11.1. The largest absolute Gasteiger partial charge is 0.328 e. The van der Waals surface area contributed by atoms with Gasteiger partial charge in [0.25, 0.3) is 0 Å². The molecule has 3 heteroatoms. The van der Waals surface area contributed by atoms with Gasteiger partial charge >= 0.3 is 0 Å². The highest BCUT2D eigenvalue weighted by molar-refractivity contribution is 5.60. The van der Waals surface area contributed by atoms with Crippen LogP contribution in [0.1, 0.15) is 24.0 Å². The molecular weight excluding hydrogens is 222 g/mol. The fourth-order valence-corrected chi connectivity index (χ4v) is 1.96. The number of benzene rings is 1. The summed E-state index contributed by atoms with van der Waals surface area (Å²) in [6.07, 6.45) is 0.709. The molecule has 0 saturated heterocycles. The summed E-state index contributed by atoms with van der Waals surface area (Å²) in [5.41, 5.74) is 10.1. The smallest absolute Gasteiger partial charge is 0.130 e. The van der Waals surface area contributed by atoms with Crippen LogP contribution in [0.5, 0.6) is 0 Å². The predicted octanol–water partition coefficient (Wildman–Crippen LogP) is 2.65. The summed E-state index contributed by atoms with van der Waals surface area (Å²) in [4.78, 5) is 9.02. The van der Waals surface area contributed by atoms with Crippen molar-refractivity contribution < 1.29 is 0 Å². The van der Waals surface area contributed by atoms with E-state index in [0.29, 0.717) is 6.42 Å². The topological polar surface area (TPSA) is 51.8 Å². The van der Waals surface area contributed by atoms with Crippen molar-refractivity contribution in [3.8, 4) is 11.3 Å². The van der Waals surface area contributed by atoms with Crippen LogP contribution in [0, 0.1) is 13.8 Å². The molecule has 1 unspecified atom stereocenters. The number of aryl methyl sites for hydroxylation is 2. The standard InChI is InChI=1S/C15H19N3/c1-10-5-4-6-13(7-10)14-9-12(3)17-15(18-14)8-11(2)16/h4-7,9,11H,8,16H2,1-3H3. The molecule has 1 atom stereocenters. The van der Waals surface area contributed by atoms with Crippen LogP contribution in [0.3, 0.4) is 0 Å². The van der Waals surface area contributed by atoms with Crippen molar-refractivity contribution in [2.75, 3.05) is 0 Å². The molecule has 0 fully saturated rings. The van der Waals surface area contributed by atoms with Crippen LogP contribution >= 0.6 is 0 Å². The van der Waals surface area contributed by atoms with Gasteiger partial charge in [0.05, 0.1) is 5.69 Å². The Labute approximate surface area is 108 Å². The third kappa shape index (κ3) is 3.14. The van der Waals surface area contributed by atoms with Crippen LogP contribution in [-0.2, 0) is 6.42 Å². The lowest BCUT2D eigenvalue weighted by molar-refractivity contribution is 0.700. The first kappa shape index (κ1) is 12.7. The molecule has 0 amide bonds. The van der Waals surface area contributed by atoms with E-state index in [1.54, 1.807) is 0 Å². The number of nitrogens with two attached hydrogens (primary N) is 1. The molecule has 3 nitrogen and oxygen atoms in total. The monoisotopic (exact) mass is 241 g/mol. The Morgan fingerprint density at radius 3 is 2.61 bits per heavy atom. The molecule has 1 aromatic heterocycles. The molecule has 0 aliphatic carbocycles. The van der Waals surface area contributed by atoms with Crippen molar-refractivity contribution in [3.63, 3.8) is 0 Å². The third-order valence-electron chi connectivity index (χ3n) is 2.72. The maximum Gasteiger partial charge on any atom is 0.130 e. The zero-order valence-corrected chi connectivity index (χ0v) is 11.1. The van der Waals surface area contributed by atoms with E-state index in [1.165, 1.54) is 5.56 Å². The number of hydrogen-bond acceptors (Lipinski definition) is 3. The summed E-state index contributed by atoms with van der Waals surface area (Å²) in [5, 5.41) is 0. The second-order valence-corrected chi connectivity index (χ2v) is 4.86. The average Bonchev–Trinajstić information content (AvgIpc) is 2.27. The van der Waals surface area contributed by atoms with Gasteiger partial charge in [-0.05, 0) is 32.9 Å². The molecule has 2 rings (SSSR count). The molecule has 0 spiro atoms. The minimum absolute atomic E-state index is 0.0807. The fourth-order valence-electron chi connectivity index (χ4n) is 1.96. The third-order valence-corrected chi connectivity index (χ3v) is 2.72. The fraction of sp³-hybridized carbons (Fsp3) is 0.333. The van der Waals surface area contributed by atoms with Gasteiger partial charge in [-0.3, -0.25) is 0 Å². The number of aromatic nitrogens is 2. The minimum Gasteiger partial charge on any atom is -0.328 e. The Bertz CT molecular complexity index is 547. The molecule has 0 saturated carbocycles. The molecule has 0 aliphatic rings. The van der Waals surface area contributed by atoms with Gasteiger partial charge in [-0.2, -0.15) is 0 Å². The molecular formula is C15H19N3. The van der Waals surface area contributed by atoms with Crippen LogP contribution in [0.15, 0.2) is 30.3 Å².